The van der Waals surface area contributed by atoms with Crippen LogP contribution in [0.25, 0.3) is 0 Å². The van der Waals surface area contributed by atoms with Crippen molar-refractivity contribution in [3.8, 4) is 0 Å². The Kier molecular flexibility index (Phi) is 15.3. The molecule has 0 amide bonds. The number of benzene rings is 1. The molecule has 0 radical (unpaired) electrons. The first-order valence-corrected chi connectivity index (χ1v) is 10.4. The molecule has 6 N–H and O–H groups in total. The van der Waals surface area contributed by atoms with E-state index in [0.717, 1.165) is 25.7 Å². The second kappa shape index (κ2) is 15.9. The monoisotopic (exact) mass is 397 g/mol. The van der Waals surface area contributed by atoms with Crippen LogP contribution in [0.4, 0.5) is 0 Å². The third-order valence-electron chi connectivity index (χ3n) is 5.48. The topological polar surface area (TPSA) is 106 Å². The first-order valence-electron chi connectivity index (χ1n) is 10.4. The molecule has 0 aromatic heterocycles. The smallest absolute Gasteiger partial charge is 0.292 e. The van der Waals surface area contributed by atoms with Crippen molar-refractivity contribution in [2.45, 2.75) is 76.1 Å². The summed E-state index contributed by atoms with van der Waals surface area (Å²) in [6, 6.07) is 10.5. The Morgan fingerprint density at radius 1 is 0.750 bits per heavy atom. The number of nitrogens with two attached hydrogens (primary N) is 3. The lowest BCUT2D eigenvalue weighted by Crippen LogP contribution is -2.56. The first-order chi connectivity index (χ1) is 13.7. The van der Waals surface area contributed by atoms with Crippen LogP contribution in [-0.4, -0.2) is 33.8 Å². The van der Waals surface area contributed by atoms with E-state index in [0.29, 0.717) is 6.54 Å². The third kappa shape index (κ3) is 7.10. The van der Waals surface area contributed by atoms with E-state index >= 15 is 0 Å². The van der Waals surface area contributed by atoms with Gasteiger partial charge in [-0.25, -0.2) is 0 Å². The maximum atomic E-state index is 5.87. The highest BCUT2D eigenvalue weighted by Crippen LogP contribution is 2.46. The summed E-state index contributed by atoms with van der Waals surface area (Å²) in [7, 11) is 4.98. The molecular formula is C22H43N3O3. The molecular weight excluding hydrogens is 354 g/mol. The summed E-state index contributed by atoms with van der Waals surface area (Å²) in [5.74, 6) is 6.88. The van der Waals surface area contributed by atoms with Crippen molar-refractivity contribution in [2.24, 2.45) is 17.4 Å². The fourth-order valence-electron chi connectivity index (χ4n) is 4.10. The van der Waals surface area contributed by atoms with Crippen LogP contribution in [0.15, 0.2) is 30.3 Å². The van der Waals surface area contributed by atoms with Crippen LogP contribution in [0.1, 0.15) is 70.3 Å². The maximum Gasteiger partial charge on any atom is 0.292 e. The van der Waals surface area contributed by atoms with Crippen LogP contribution < -0.4 is 17.4 Å². The number of ether oxygens (including phenoxy) is 3. The van der Waals surface area contributed by atoms with Gasteiger partial charge in [-0.15, -0.1) is 0 Å². The van der Waals surface area contributed by atoms with Gasteiger partial charge in [-0.3, -0.25) is 11.7 Å². The van der Waals surface area contributed by atoms with E-state index in [1.54, 1.807) is 21.3 Å². The van der Waals surface area contributed by atoms with Gasteiger partial charge in [-0.05, 0) is 31.4 Å². The van der Waals surface area contributed by atoms with Gasteiger partial charge in [0, 0.05) is 21.3 Å². The Morgan fingerprint density at radius 3 is 1.75 bits per heavy atom. The van der Waals surface area contributed by atoms with Crippen LogP contribution in [0, 0.1) is 0 Å². The summed E-state index contributed by atoms with van der Waals surface area (Å²) in [5, 5.41) is 0. The van der Waals surface area contributed by atoms with Gasteiger partial charge in [-0.1, -0.05) is 75.8 Å². The van der Waals surface area contributed by atoms with Crippen LogP contribution in [0.5, 0.6) is 0 Å². The zero-order valence-corrected chi connectivity index (χ0v) is 18.4. The molecule has 0 aliphatic carbocycles. The summed E-state index contributed by atoms with van der Waals surface area (Å²) in [4.78, 5) is 0. The van der Waals surface area contributed by atoms with Gasteiger partial charge in [-0.2, -0.15) is 0 Å². The molecule has 164 valence electrons. The molecule has 0 heterocycles. The second-order valence-electron chi connectivity index (χ2n) is 7.03. The van der Waals surface area contributed by atoms with E-state index in [9.17, 15) is 0 Å². The van der Waals surface area contributed by atoms with Crippen LogP contribution >= 0.6 is 0 Å². The van der Waals surface area contributed by atoms with Gasteiger partial charge in [0.2, 0.25) is 0 Å². The minimum Gasteiger partial charge on any atom is -0.330 e. The van der Waals surface area contributed by atoms with Crippen molar-refractivity contribution in [2.75, 3.05) is 27.9 Å². The highest BCUT2D eigenvalue weighted by molar-refractivity contribution is 5.28. The van der Waals surface area contributed by atoms with Crippen LogP contribution in [0.3, 0.4) is 0 Å². The largest absolute Gasteiger partial charge is 0.330 e. The van der Waals surface area contributed by atoms with Crippen molar-refractivity contribution in [1.82, 2.24) is 0 Å². The van der Waals surface area contributed by atoms with Crippen molar-refractivity contribution in [1.29, 1.82) is 0 Å². The average Bonchev–Trinajstić information content (AvgIpc) is 2.77. The zero-order chi connectivity index (χ0) is 21.3. The Morgan fingerprint density at radius 2 is 1.25 bits per heavy atom. The molecule has 1 aromatic carbocycles. The van der Waals surface area contributed by atoms with E-state index in [1.807, 2.05) is 6.07 Å². The van der Waals surface area contributed by atoms with Gasteiger partial charge in [0.05, 0.1) is 5.41 Å². The van der Waals surface area contributed by atoms with E-state index in [2.05, 4.69) is 42.9 Å². The van der Waals surface area contributed by atoms with Gasteiger partial charge < -0.3 is 19.9 Å². The fraction of sp³-hybridized carbons (Fsp3) is 0.727. The highest BCUT2D eigenvalue weighted by atomic mass is 16.9. The molecule has 0 aliphatic heterocycles. The molecule has 0 spiro atoms. The van der Waals surface area contributed by atoms with E-state index in [-0.39, 0.29) is 0 Å². The molecule has 0 saturated heterocycles. The molecule has 1 aromatic rings. The Hall–Kier alpha value is -1.02. The summed E-state index contributed by atoms with van der Waals surface area (Å²) in [5.41, 5.74) is 6.66. The molecule has 6 heteroatoms. The minimum atomic E-state index is -1.12. The Balaban J connectivity index is 0.00000352. The highest BCUT2D eigenvalue weighted by Gasteiger charge is 2.54. The predicted octanol–water partition coefficient (Wildman–Crippen LogP) is 3.83. The normalized spacial score (nSPS) is 13.5. The fourth-order valence-corrected chi connectivity index (χ4v) is 4.10. The lowest BCUT2D eigenvalue weighted by atomic mass is 9.70. The van der Waals surface area contributed by atoms with Crippen molar-refractivity contribution < 1.29 is 14.2 Å². The summed E-state index contributed by atoms with van der Waals surface area (Å²) >= 11 is 0. The lowest BCUT2D eigenvalue weighted by molar-refractivity contribution is -0.390. The number of rotatable bonds is 15. The number of hydrazine groups is 1. The molecule has 1 unspecified atom stereocenters. The SMILES string of the molecule is CCCCCCCCC(CCCN)(c1ccccc1)C(OC)(OC)OC.NN. The molecule has 1 rings (SSSR count). The number of methoxy groups -OCH3 is 3. The van der Waals surface area contributed by atoms with Gasteiger partial charge in [0.1, 0.15) is 0 Å². The number of hydrogen-bond acceptors (Lipinski definition) is 6. The quantitative estimate of drug-likeness (QED) is 0.180. The molecule has 0 fully saturated rings. The summed E-state index contributed by atoms with van der Waals surface area (Å²) in [6.07, 6.45) is 10.2. The predicted molar refractivity (Wildman–Crippen MR) is 117 cm³/mol. The van der Waals surface area contributed by atoms with Crippen LogP contribution in [-0.2, 0) is 19.6 Å². The van der Waals surface area contributed by atoms with Crippen LogP contribution in [0.2, 0.25) is 0 Å². The number of unbranched alkanes of at least 4 members (excludes halogenated alkanes) is 5. The standard InChI is InChI=1S/C22H39NO3.H4N2/c1-5-6-7-8-9-13-17-21(18-14-19-23,20-15-11-10-12-16-20)22(24-2,25-3)26-4;1-2/h10-12,15-16H,5-9,13-14,17-19,23H2,1-4H3;1-2H2. The Bertz CT molecular complexity index is 461. The van der Waals surface area contributed by atoms with E-state index in [1.165, 1.54) is 37.7 Å². The van der Waals surface area contributed by atoms with E-state index < -0.39 is 11.4 Å². The molecule has 6 nitrogen and oxygen atoms in total. The number of hydrogen-bond donors (Lipinski definition) is 3. The third-order valence-corrected chi connectivity index (χ3v) is 5.48. The van der Waals surface area contributed by atoms with E-state index in [4.69, 9.17) is 19.9 Å². The van der Waals surface area contributed by atoms with Crippen molar-refractivity contribution >= 4 is 0 Å². The average molecular weight is 398 g/mol. The second-order valence-corrected chi connectivity index (χ2v) is 7.03. The summed E-state index contributed by atoms with van der Waals surface area (Å²) in [6.45, 7) is 2.88. The zero-order valence-electron chi connectivity index (χ0n) is 18.4. The van der Waals surface area contributed by atoms with Gasteiger partial charge in [0.25, 0.3) is 5.97 Å². The Labute approximate surface area is 172 Å². The molecule has 0 bridgehead atoms. The maximum absolute atomic E-state index is 5.87. The molecule has 0 aliphatic rings. The summed E-state index contributed by atoms with van der Waals surface area (Å²) < 4.78 is 17.6. The van der Waals surface area contributed by atoms with Crippen molar-refractivity contribution in [3.05, 3.63) is 35.9 Å². The van der Waals surface area contributed by atoms with Crippen molar-refractivity contribution in [3.63, 3.8) is 0 Å². The van der Waals surface area contributed by atoms with Gasteiger partial charge >= 0.3 is 0 Å². The first kappa shape index (κ1) is 27.0. The minimum absolute atomic E-state index is 0.392. The molecule has 1 atom stereocenters. The lowest BCUT2D eigenvalue weighted by Gasteiger charge is -2.47. The molecule has 0 saturated carbocycles. The van der Waals surface area contributed by atoms with Gasteiger partial charge in [0.15, 0.2) is 0 Å². The molecule has 28 heavy (non-hydrogen) atoms.